The highest BCUT2D eigenvalue weighted by Gasteiger charge is 2.16. The molecule has 0 saturated carbocycles. The smallest absolute Gasteiger partial charge is 0.130 e. The van der Waals surface area contributed by atoms with Gasteiger partial charge in [0.2, 0.25) is 0 Å². The standard InChI is InChI=1S/C14H17ClN2OS/c1-4-16-9(2)12-8-17-14(19-12)13-10(15)6-5-7-11(13)18-3/h5-9,16H,4H2,1-3H3. The first-order valence-electron chi connectivity index (χ1n) is 6.19. The van der Waals surface area contributed by atoms with E-state index in [9.17, 15) is 0 Å². The van der Waals surface area contributed by atoms with E-state index < -0.39 is 0 Å². The molecule has 3 nitrogen and oxygen atoms in total. The molecule has 1 N–H and O–H groups in total. The highest BCUT2D eigenvalue weighted by atomic mass is 35.5. The molecule has 0 bridgehead atoms. The summed E-state index contributed by atoms with van der Waals surface area (Å²) in [6, 6.07) is 5.93. The predicted octanol–water partition coefficient (Wildman–Crippen LogP) is 4.14. The molecular weight excluding hydrogens is 280 g/mol. The number of nitrogens with zero attached hydrogens (tertiary/aromatic N) is 1. The zero-order valence-electron chi connectivity index (χ0n) is 11.2. The van der Waals surface area contributed by atoms with Crippen molar-refractivity contribution in [2.45, 2.75) is 19.9 Å². The number of thiazole rings is 1. The van der Waals surface area contributed by atoms with Gasteiger partial charge in [0.1, 0.15) is 10.8 Å². The van der Waals surface area contributed by atoms with Crippen LogP contribution >= 0.6 is 22.9 Å². The number of hydrogen-bond acceptors (Lipinski definition) is 4. The maximum absolute atomic E-state index is 6.26. The van der Waals surface area contributed by atoms with Gasteiger partial charge in [0.25, 0.3) is 0 Å². The van der Waals surface area contributed by atoms with Crippen molar-refractivity contribution in [3.8, 4) is 16.3 Å². The highest BCUT2D eigenvalue weighted by Crippen LogP contribution is 2.39. The molecule has 0 aliphatic carbocycles. The molecule has 19 heavy (non-hydrogen) atoms. The second-order valence-corrected chi connectivity index (χ2v) is 5.63. The monoisotopic (exact) mass is 296 g/mol. The van der Waals surface area contributed by atoms with E-state index in [2.05, 4.69) is 24.1 Å². The van der Waals surface area contributed by atoms with E-state index in [1.807, 2.05) is 24.4 Å². The van der Waals surface area contributed by atoms with Crippen LogP contribution in [0.3, 0.4) is 0 Å². The summed E-state index contributed by atoms with van der Waals surface area (Å²) in [5.74, 6) is 0.754. The molecule has 2 aromatic rings. The second kappa shape index (κ2) is 6.37. The Hall–Kier alpha value is -1.10. The Morgan fingerprint density at radius 1 is 1.47 bits per heavy atom. The average molecular weight is 297 g/mol. The molecule has 0 aliphatic heterocycles. The normalized spacial score (nSPS) is 12.4. The van der Waals surface area contributed by atoms with Gasteiger partial charge in [-0.05, 0) is 25.6 Å². The van der Waals surface area contributed by atoms with E-state index in [1.165, 1.54) is 4.88 Å². The van der Waals surface area contributed by atoms with E-state index in [-0.39, 0.29) is 0 Å². The summed E-state index contributed by atoms with van der Waals surface area (Å²) < 4.78 is 5.36. The number of rotatable bonds is 5. The Balaban J connectivity index is 2.38. The minimum Gasteiger partial charge on any atom is -0.496 e. The fourth-order valence-corrected chi connectivity index (χ4v) is 3.21. The van der Waals surface area contributed by atoms with Crippen LogP contribution in [0.15, 0.2) is 24.4 Å². The van der Waals surface area contributed by atoms with Crippen LogP contribution in [0.5, 0.6) is 5.75 Å². The van der Waals surface area contributed by atoms with Crippen LogP contribution in [0.4, 0.5) is 0 Å². The molecule has 0 saturated heterocycles. The number of hydrogen-bond donors (Lipinski definition) is 1. The van der Waals surface area contributed by atoms with Gasteiger partial charge in [-0.3, -0.25) is 0 Å². The van der Waals surface area contributed by atoms with Crippen molar-refractivity contribution in [1.82, 2.24) is 10.3 Å². The number of methoxy groups -OCH3 is 1. The molecule has 0 fully saturated rings. The van der Waals surface area contributed by atoms with Gasteiger partial charge in [0, 0.05) is 17.1 Å². The van der Waals surface area contributed by atoms with Gasteiger partial charge in [-0.2, -0.15) is 0 Å². The van der Waals surface area contributed by atoms with Crippen molar-refractivity contribution in [2.24, 2.45) is 0 Å². The summed E-state index contributed by atoms with van der Waals surface area (Å²) in [6.45, 7) is 5.16. The Kier molecular flexibility index (Phi) is 4.80. The zero-order chi connectivity index (χ0) is 13.8. The largest absolute Gasteiger partial charge is 0.496 e. The molecule has 1 unspecified atom stereocenters. The van der Waals surface area contributed by atoms with E-state index in [0.29, 0.717) is 11.1 Å². The van der Waals surface area contributed by atoms with Gasteiger partial charge in [-0.1, -0.05) is 24.6 Å². The topological polar surface area (TPSA) is 34.2 Å². The minimum atomic E-state index is 0.296. The van der Waals surface area contributed by atoms with Gasteiger partial charge in [0.05, 0.1) is 17.7 Å². The van der Waals surface area contributed by atoms with Crippen LogP contribution in [0, 0.1) is 0 Å². The summed E-state index contributed by atoms with van der Waals surface area (Å²) in [6.07, 6.45) is 1.90. The lowest BCUT2D eigenvalue weighted by Crippen LogP contribution is -2.16. The quantitative estimate of drug-likeness (QED) is 0.900. The van der Waals surface area contributed by atoms with E-state index in [1.54, 1.807) is 18.4 Å². The summed E-state index contributed by atoms with van der Waals surface area (Å²) in [7, 11) is 1.64. The first-order chi connectivity index (χ1) is 9.17. The SMILES string of the molecule is CCNC(C)c1cnc(-c2c(Cl)cccc2OC)s1. The van der Waals surface area contributed by atoms with Crippen LogP contribution in [0.1, 0.15) is 24.8 Å². The third-order valence-corrected chi connectivity index (χ3v) is 4.38. The van der Waals surface area contributed by atoms with Gasteiger partial charge in [0.15, 0.2) is 0 Å². The molecule has 1 heterocycles. The van der Waals surface area contributed by atoms with Gasteiger partial charge < -0.3 is 10.1 Å². The van der Waals surface area contributed by atoms with Gasteiger partial charge in [-0.15, -0.1) is 11.3 Å². The Morgan fingerprint density at radius 3 is 2.95 bits per heavy atom. The molecule has 102 valence electrons. The van der Waals surface area contributed by atoms with Crippen LogP contribution in [0.25, 0.3) is 10.6 Å². The van der Waals surface area contributed by atoms with E-state index in [4.69, 9.17) is 16.3 Å². The fraction of sp³-hybridized carbons (Fsp3) is 0.357. The van der Waals surface area contributed by atoms with Crippen molar-refractivity contribution in [1.29, 1.82) is 0 Å². The number of benzene rings is 1. The lowest BCUT2D eigenvalue weighted by molar-refractivity contribution is 0.416. The molecule has 1 atom stereocenters. The van der Waals surface area contributed by atoms with Crippen LogP contribution in [-0.4, -0.2) is 18.6 Å². The maximum atomic E-state index is 6.26. The zero-order valence-corrected chi connectivity index (χ0v) is 12.8. The molecule has 5 heteroatoms. The molecular formula is C14H17ClN2OS. The van der Waals surface area contributed by atoms with Crippen molar-refractivity contribution < 1.29 is 4.74 Å². The lowest BCUT2D eigenvalue weighted by atomic mass is 10.2. The molecule has 1 aromatic heterocycles. The Labute approximate surface area is 122 Å². The summed E-state index contributed by atoms with van der Waals surface area (Å²) in [4.78, 5) is 5.67. The second-order valence-electron chi connectivity index (χ2n) is 4.16. The number of ether oxygens (including phenoxy) is 1. The number of halogens is 1. The van der Waals surface area contributed by atoms with Crippen molar-refractivity contribution in [3.63, 3.8) is 0 Å². The van der Waals surface area contributed by atoms with Crippen LogP contribution in [0.2, 0.25) is 5.02 Å². The highest BCUT2D eigenvalue weighted by molar-refractivity contribution is 7.15. The third-order valence-electron chi connectivity index (χ3n) is 2.87. The first kappa shape index (κ1) is 14.3. The van der Waals surface area contributed by atoms with Crippen LogP contribution in [-0.2, 0) is 0 Å². The van der Waals surface area contributed by atoms with Crippen molar-refractivity contribution >= 4 is 22.9 Å². The summed E-state index contributed by atoms with van der Waals surface area (Å²) in [5, 5.41) is 4.93. The lowest BCUT2D eigenvalue weighted by Gasteiger charge is -2.09. The Bertz CT molecular complexity index is 556. The van der Waals surface area contributed by atoms with E-state index >= 15 is 0 Å². The molecule has 1 aromatic carbocycles. The van der Waals surface area contributed by atoms with Crippen LogP contribution < -0.4 is 10.1 Å². The third kappa shape index (κ3) is 3.08. The number of aromatic nitrogens is 1. The molecule has 0 amide bonds. The van der Waals surface area contributed by atoms with Gasteiger partial charge in [-0.25, -0.2) is 4.98 Å². The minimum absolute atomic E-state index is 0.296. The molecule has 0 aliphatic rings. The summed E-state index contributed by atoms with van der Waals surface area (Å²) in [5.41, 5.74) is 0.867. The van der Waals surface area contributed by atoms with E-state index in [0.717, 1.165) is 22.9 Å². The van der Waals surface area contributed by atoms with Crippen molar-refractivity contribution in [2.75, 3.05) is 13.7 Å². The van der Waals surface area contributed by atoms with Crippen molar-refractivity contribution in [3.05, 3.63) is 34.3 Å². The Morgan fingerprint density at radius 2 is 2.26 bits per heavy atom. The number of nitrogens with one attached hydrogen (secondary N) is 1. The predicted molar refractivity (Wildman–Crippen MR) is 81.2 cm³/mol. The molecule has 0 radical (unpaired) electrons. The molecule has 2 rings (SSSR count). The fourth-order valence-electron chi connectivity index (χ4n) is 1.89. The van der Waals surface area contributed by atoms with Gasteiger partial charge >= 0.3 is 0 Å². The first-order valence-corrected chi connectivity index (χ1v) is 7.38. The summed E-state index contributed by atoms with van der Waals surface area (Å²) >= 11 is 7.90. The molecule has 0 spiro atoms. The maximum Gasteiger partial charge on any atom is 0.130 e. The average Bonchev–Trinajstić information content (AvgIpc) is 2.88.